The molecule has 0 bridgehead atoms. The van der Waals surface area contributed by atoms with Crippen molar-refractivity contribution in [1.82, 2.24) is 0 Å². The molecule has 0 spiro atoms. The van der Waals surface area contributed by atoms with Gasteiger partial charge in [-0.3, -0.25) is 14.9 Å². The fraction of sp³-hybridized carbons (Fsp3) is 0.364. The van der Waals surface area contributed by atoms with E-state index in [2.05, 4.69) is 4.74 Å². The lowest BCUT2D eigenvalue weighted by molar-refractivity contribution is -0.387. The number of carbonyl (C=O) groups excluding carboxylic acids is 1. The third-order valence-corrected chi connectivity index (χ3v) is 3.02. The molecule has 1 aromatic carbocycles. The summed E-state index contributed by atoms with van der Waals surface area (Å²) in [5.41, 5.74) is -0.952. The molecule has 1 saturated carbocycles. The van der Waals surface area contributed by atoms with E-state index < -0.39 is 27.8 Å². The summed E-state index contributed by atoms with van der Waals surface area (Å²) in [6.07, 6.45) is 1.16. The van der Waals surface area contributed by atoms with E-state index in [0.29, 0.717) is 18.4 Å². The molecule has 1 fully saturated rings. The highest BCUT2D eigenvalue weighted by Crippen LogP contribution is 2.49. The number of methoxy groups -OCH3 is 1. The third kappa shape index (κ3) is 1.75. The van der Waals surface area contributed by atoms with E-state index in [4.69, 9.17) is 0 Å². The number of hydrogen-bond donors (Lipinski definition) is 0. The molecule has 1 aromatic rings. The number of nitro benzene ring substituents is 1. The van der Waals surface area contributed by atoms with Crippen LogP contribution in [0, 0.1) is 15.9 Å². The van der Waals surface area contributed by atoms with Gasteiger partial charge in [0.25, 0.3) is 0 Å². The van der Waals surface area contributed by atoms with Gasteiger partial charge in [-0.1, -0.05) is 6.07 Å². The summed E-state index contributed by atoms with van der Waals surface area (Å²) in [6, 6.07) is 3.53. The van der Waals surface area contributed by atoms with Crippen molar-refractivity contribution in [2.45, 2.75) is 18.3 Å². The molecule has 1 aliphatic carbocycles. The lowest BCUT2D eigenvalue weighted by Gasteiger charge is -2.12. The van der Waals surface area contributed by atoms with E-state index >= 15 is 0 Å². The molecular weight excluding hydrogens is 229 g/mol. The zero-order chi connectivity index (χ0) is 12.6. The van der Waals surface area contributed by atoms with Gasteiger partial charge in [0.05, 0.1) is 17.4 Å². The third-order valence-electron chi connectivity index (χ3n) is 3.02. The predicted molar refractivity (Wildman–Crippen MR) is 56.0 cm³/mol. The van der Waals surface area contributed by atoms with Crippen LogP contribution >= 0.6 is 0 Å². The summed E-state index contributed by atoms with van der Waals surface area (Å²) in [5, 5.41) is 10.5. The van der Waals surface area contributed by atoms with Crippen LogP contribution in [0.25, 0.3) is 0 Å². The van der Waals surface area contributed by atoms with Gasteiger partial charge in [-0.25, -0.2) is 0 Å². The van der Waals surface area contributed by atoms with Crippen LogP contribution in [0.15, 0.2) is 18.2 Å². The highest BCUT2D eigenvalue weighted by atomic mass is 19.1. The van der Waals surface area contributed by atoms with Gasteiger partial charge in [0.1, 0.15) is 0 Å². The molecule has 1 aliphatic rings. The first-order valence-corrected chi connectivity index (χ1v) is 5.04. The first kappa shape index (κ1) is 11.5. The minimum Gasteiger partial charge on any atom is -0.468 e. The Morgan fingerprint density at radius 2 is 2.18 bits per heavy atom. The zero-order valence-corrected chi connectivity index (χ0v) is 9.10. The molecule has 0 amide bonds. The van der Waals surface area contributed by atoms with Crippen molar-refractivity contribution >= 4 is 11.7 Å². The van der Waals surface area contributed by atoms with E-state index in [-0.39, 0.29) is 0 Å². The Bertz CT molecular complexity index is 496. The summed E-state index contributed by atoms with van der Waals surface area (Å²) in [7, 11) is 1.27. The van der Waals surface area contributed by atoms with E-state index in [1.807, 2.05) is 0 Å². The second-order valence-corrected chi connectivity index (χ2v) is 4.00. The van der Waals surface area contributed by atoms with Crippen LogP contribution in [0.2, 0.25) is 0 Å². The van der Waals surface area contributed by atoms with Crippen LogP contribution < -0.4 is 0 Å². The fourth-order valence-corrected chi connectivity index (χ4v) is 1.88. The van der Waals surface area contributed by atoms with E-state index in [1.54, 1.807) is 0 Å². The van der Waals surface area contributed by atoms with Crippen LogP contribution in [-0.4, -0.2) is 18.0 Å². The summed E-state index contributed by atoms with van der Waals surface area (Å²) in [4.78, 5) is 21.2. The molecule has 0 unspecified atom stereocenters. The van der Waals surface area contributed by atoms with Gasteiger partial charge in [-0.15, -0.1) is 0 Å². The average Bonchev–Trinajstić information content (AvgIpc) is 3.08. The molecule has 0 N–H and O–H groups in total. The number of ether oxygens (including phenoxy) is 1. The second-order valence-electron chi connectivity index (χ2n) is 4.00. The van der Waals surface area contributed by atoms with Crippen molar-refractivity contribution in [2.24, 2.45) is 0 Å². The normalized spacial score (nSPS) is 16.4. The van der Waals surface area contributed by atoms with Crippen LogP contribution in [0.4, 0.5) is 10.1 Å². The predicted octanol–water partition coefficient (Wildman–Crippen LogP) is 1.94. The summed E-state index contributed by atoms with van der Waals surface area (Å²) in [5.74, 6) is -1.35. The monoisotopic (exact) mass is 239 g/mol. The van der Waals surface area contributed by atoms with Crippen molar-refractivity contribution in [3.8, 4) is 0 Å². The molecule has 0 radical (unpaired) electrons. The molecule has 5 nitrogen and oxygen atoms in total. The first-order chi connectivity index (χ1) is 8.01. The maximum absolute atomic E-state index is 13.4. The zero-order valence-electron chi connectivity index (χ0n) is 9.10. The average molecular weight is 239 g/mol. The van der Waals surface area contributed by atoms with Gasteiger partial charge < -0.3 is 4.74 Å². The Kier molecular flexibility index (Phi) is 2.57. The smallest absolute Gasteiger partial charge is 0.316 e. The maximum Gasteiger partial charge on any atom is 0.316 e. The molecule has 90 valence electrons. The second kappa shape index (κ2) is 3.80. The number of benzene rings is 1. The van der Waals surface area contributed by atoms with Crippen molar-refractivity contribution in [1.29, 1.82) is 0 Å². The Balaban J connectivity index is 2.39. The summed E-state index contributed by atoms with van der Waals surface area (Å²) >= 11 is 0. The number of nitrogens with zero attached hydrogens (tertiary/aromatic N) is 1. The summed E-state index contributed by atoms with van der Waals surface area (Å²) in [6.45, 7) is 0. The lowest BCUT2D eigenvalue weighted by Crippen LogP contribution is -2.22. The van der Waals surface area contributed by atoms with Crippen LogP contribution in [-0.2, 0) is 14.9 Å². The van der Waals surface area contributed by atoms with E-state index in [1.165, 1.54) is 13.2 Å². The van der Waals surface area contributed by atoms with Gasteiger partial charge in [0.2, 0.25) is 5.82 Å². The van der Waals surface area contributed by atoms with Crippen LogP contribution in [0.1, 0.15) is 18.4 Å². The number of carbonyl (C=O) groups is 1. The molecule has 0 heterocycles. The van der Waals surface area contributed by atoms with Crippen LogP contribution in [0.5, 0.6) is 0 Å². The van der Waals surface area contributed by atoms with Gasteiger partial charge >= 0.3 is 11.7 Å². The Labute approximate surface area is 96.3 Å². The summed E-state index contributed by atoms with van der Waals surface area (Å²) < 4.78 is 18.1. The van der Waals surface area contributed by atoms with Crippen molar-refractivity contribution < 1.29 is 18.8 Å². The van der Waals surface area contributed by atoms with Crippen LogP contribution in [0.3, 0.4) is 0 Å². The van der Waals surface area contributed by atoms with Gasteiger partial charge in [0, 0.05) is 6.07 Å². The Morgan fingerprint density at radius 1 is 1.53 bits per heavy atom. The standard InChI is InChI=1S/C11H10FNO4/c1-17-10(14)11(4-5-11)7-2-3-9(13(15)16)8(12)6-7/h2-3,6H,4-5H2,1H3. The van der Waals surface area contributed by atoms with Crippen molar-refractivity contribution in [2.75, 3.05) is 7.11 Å². The quantitative estimate of drug-likeness (QED) is 0.459. The van der Waals surface area contributed by atoms with Crippen molar-refractivity contribution in [3.63, 3.8) is 0 Å². The Hall–Kier alpha value is -1.98. The number of esters is 1. The molecular formula is C11H10FNO4. The van der Waals surface area contributed by atoms with E-state index in [0.717, 1.165) is 12.1 Å². The molecule has 0 atom stereocenters. The SMILES string of the molecule is COC(=O)C1(c2ccc([N+](=O)[O-])c(F)c2)CC1. The molecule has 17 heavy (non-hydrogen) atoms. The fourth-order valence-electron chi connectivity index (χ4n) is 1.88. The number of hydrogen-bond acceptors (Lipinski definition) is 4. The maximum atomic E-state index is 13.4. The number of rotatable bonds is 3. The lowest BCUT2D eigenvalue weighted by atomic mass is 9.96. The molecule has 2 rings (SSSR count). The highest BCUT2D eigenvalue weighted by Gasteiger charge is 2.52. The number of halogens is 1. The van der Waals surface area contributed by atoms with E-state index in [9.17, 15) is 19.3 Å². The largest absolute Gasteiger partial charge is 0.468 e. The molecule has 0 saturated heterocycles. The van der Waals surface area contributed by atoms with Crippen molar-refractivity contribution in [3.05, 3.63) is 39.7 Å². The minimum absolute atomic E-state index is 0.425. The molecule has 6 heteroatoms. The topological polar surface area (TPSA) is 69.4 Å². The molecule has 0 aliphatic heterocycles. The van der Waals surface area contributed by atoms with Gasteiger partial charge in [-0.2, -0.15) is 4.39 Å². The number of nitro groups is 1. The Morgan fingerprint density at radius 3 is 2.59 bits per heavy atom. The molecule has 0 aromatic heterocycles. The first-order valence-electron chi connectivity index (χ1n) is 5.04. The minimum atomic E-state index is -0.928. The van der Waals surface area contributed by atoms with Gasteiger partial charge in [0.15, 0.2) is 0 Å². The highest BCUT2D eigenvalue weighted by molar-refractivity contribution is 5.86. The van der Waals surface area contributed by atoms with Gasteiger partial charge in [-0.05, 0) is 24.5 Å².